The molecule has 35 heavy (non-hydrogen) atoms. The number of aryl methyl sites for hydroxylation is 1. The molecule has 1 N–H and O–H groups in total. The number of hydrogen-bond acceptors (Lipinski definition) is 5. The van der Waals surface area contributed by atoms with Gasteiger partial charge in [0.2, 0.25) is 0 Å². The van der Waals surface area contributed by atoms with Crippen LogP contribution in [0.2, 0.25) is 0 Å². The van der Waals surface area contributed by atoms with Crippen molar-refractivity contribution >= 4 is 23.1 Å². The zero-order valence-electron chi connectivity index (χ0n) is 20.3. The summed E-state index contributed by atoms with van der Waals surface area (Å²) in [5.74, 6) is -0.418. The summed E-state index contributed by atoms with van der Waals surface area (Å²) in [7, 11) is 0. The summed E-state index contributed by atoms with van der Waals surface area (Å²) in [6, 6.07) is 20.7. The zero-order chi connectivity index (χ0) is 25.1. The van der Waals surface area contributed by atoms with Gasteiger partial charge in [-0.15, -0.1) is 0 Å². The highest BCUT2D eigenvalue weighted by Crippen LogP contribution is 2.43. The van der Waals surface area contributed by atoms with Crippen LogP contribution < -0.4 is 14.4 Å². The molecule has 4 rings (SSSR count). The maximum atomic E-state index is 13.4. The largest absolute Gasteiger partial charge is 0.507 e. The molecule has 0 bridgehead atoms. The Morgan fingerprint density at radius 1 is 0.971 bits per heavy atom. The number of hydrogen-bond donors (Lipinski definition) is 1. The van der Waals surface area contributed by atoms with Crippen molar-refractivity contribution in [1.29, 1.82) is 0 Å². The second-order valence-corrected chi connectivity index (χ2v) is 8.65. The van der Waals surface area contributed by atoms with E-state index in [2.05, 4.69) is 0 Å². The third kappa shape index (κ3) is 4.78. The van der Waals surface area contributed by atoms with Gasteiger partial charge in [0, 0.05) is 11.3 Å². The number of aliphatic hydroxyl groups excluding tert-OH is 1. The number of amides is 1. The van der Waals surface area contributed by atoms with E-state index in [0.29, 0.717) is 34.9 Å². The minimum atomic E-state index is -0.804. The minimum absolute atomic E-state index is 0.0316. The van der Waals surface area contributed by atoms with Gasteiger partial charge in [0.05, 0.1) is 24.3 Å². The molecule has 1 heterocycles. The second kappa shape index (κ2) is 10.1. The van der Waals surface area contributed by atoms with Crippen LogP contribution in [0, 0.1) is 6.92 Å². The number of benzene rings is 3. The maximum Gasteiger partial charge on any atom is 0.300 e. The number of carbonyl (C=O) groups is 2. The van der Waals surface area contributed by atoms with Gasteiger partial charge in [-0.05, 0) is 69.2 Å². The smallest absolute Gasteiger partial charge is 0.300 e. The van der Waals surface area contributed by atoms with E-state index in [1.807, 2.05) is 58.0 Å². The Bertz CT molecular complexity index is 1280. The Morgan fingerprint density at radius 3 is 2.34 bits per heavy atom. The summed E-state index contributed by atoms with van der Waals surface area (Å²) >= 11 is 0. The molecule has 6 nitrogen and oxygen atoms in total. The van der Waals surface area contributed by atoms with Crippen molar-refractivity contribution in [2.45, 2.75) is 39.8 Å². The summed E-state index contributed by atoms with van der Waals surface area (Å²) in [6.45, 7) is 8.13. The van der Waals surface area contributed by atoms with Crippen LogP contribution in [0.1, 0.15) is 43.5 Å². The number of Topliss-reactive ketones (excluding diaryl/α,β-unsaturated/α-hetero) is 1. The average molecular weight is 472 g/mol. The fraction of sp³-hybridized carbons (Fsp3) is 0.241. The highest BCUT2D eigenvalue weighted by Gasteiger charge is 2.47. The van der Waals surface area contributed by atoms with Gasteiger partial charge in [0.25, 0.3) is 11.7 Å². The van der Waals surface area contributed by atoms with Crippen LogP contribution >= 0.6 is 0 Å². The number of anilines is 1. The molecule has 0 aromatic heterocycles. The Labute approximate surface area is 205 Å². The van der Waals surface area contributed by atoms with Crippen LogP contribution in [0.3, 0.4) is 0 Å². The van der Waals surface area contributed by atoms with Crippen molar-refractivity contribution in [2.24, 2.45) is 0 Å². The molecule has 1 unspecified atom stereocenters. The molecule has 1 aliphatic heterocycles. The van der Waals surface area contributed by atoms with Crippen LogP contribution in [0.15, 0.2) is 78.4 Å². The lowest BCUT2D eigenvalue weighted by atomic mass is 9.94. The number of nitrogens with zero attached hydrogens (tertiary/aromatic N) is 1. The van der Waals surface area contributed by atoms with Gasteiger partial charge in [-0.2, -0.15) is 0 Å². The molecule has 3 aromatic carbocycles. The molecule has 1 saturated heterocycles. The van der Waals surface area contributed by atoms with E-state index in [4.69, 9.17) is 9.47 Å². The predicted molar refractivity (Wildman–Crippen MR) is 136 cm³/mol. The zero-order valence-corrected chi connectivity index (χ0v) is 20.3. The van der Waals surface area contributed by atoms with Gasteiger partial charge in [0.1, 0.15) is 17.3 Å². The highest BCUT2D eigenvalue weighted by atomic mass is 16.5. The van der Waals surface area contributed by atoms with E-state index in [1.165, 1.54) is 4.90 Å². The van der Waals surface area contributed by atoms with Crippen molar-refractivity contribution < 1.29 is 24.2 Å². The SMILES string of the molecule is CCOc1ccc(C2/C(=C(/O)c3cccc(OC(C)C)c3)C(=O)C(=O)N2c2ccccc2C)cc1. The minimum Gasteiger partial charge on any atom is -0.507 e. The maximum absolute atomic E-state index is 13.4. The standard InChI is InChI=1S/C29H29NO5/c1-5-34-22-15-13-20(14-16-22)26-25(27(31)21-10-8-11-23(17-21)35-18(2)3)28(32)29(33)30(26)24-12-7-6-9-19(24)4/h6-18,26,31H,5H2,1-4H3/b27-25-. The normalized spacial score (nSPS) is 17.2. The molecule has 1 amide bonds. The first-order valence-electron chi connectivity index (χ1n) is 11.7. The quantitative estimate of drug-likeness (QED) is 0.267. The van der Waals surface area contributed by atoms with E-state index >= 15 is 0 Å². The fourth-order valence-corrected chi connectivity index (χ4v) is 4.29. The molecule has 0 spiro atoms. The molecule has 0 radical (unpaired) electrons. The molecule has 0 aliphatic carbocycles. The summed E-state index contributed by atoms with van der Waals surface area (Å²) in [5.41, 5.74) is 2.58. The third-order valence-electron chi connectivity index (χ3n) is 5.81. The van der Waals surface area contributed by atoms with E-state index < -0.39 is 17.7 Å². The van der Waals surface area contributed by atoms with Crippen LogP contribution in [0.25, 0.3) is 5.76 Å². The van der Waals surface area contributed by atoms with Crippen molar-refractivity contribution in [3.05, 3.63) is 95.1 Å². The molecule has 0 saturated carbocycles. The number of carbonyl (C=O) groups excluding carboxylic acids is 2. The van der Waals surface area contributed by atoms with E-state index in [9.17, 15) is 14.7 Å². The van der Waals surface area contributed by atoms with Crippen LogP contribution in [-0.2, 0) is 9.59 Å². The van der Waals surface area contributed by atoms with Crippen molar-refractivity contribution in [3.63, 3.8) is 0 Å². The number of para-hydroxylation sites is 1. The Kier molecular flexibility index (Phi) is 6.92. The van der Waals surface area contributed by atoms with Crippen molar-refractivity contribution in [2.75, 3.05) is 11.5 Å². The first kappa shape index (κ1) is 24.1. The average Bonchev–Trinajstić information content (AvgIpc) is 3.10. The first-order valence-corrected chi connectivity index (χ1v) is 11.7. The summed E-state index contributed by atoms with van der Waals surface area (Å²) < 4.78 is 11.3. The summed E-state index contributed by atoms with van der Waals surface area (Å²) in [4.78, 5) is 28.2. The van der Waals surface area contributed by atoms with E-state index in [0.717, 1.165) is 5.56 Å². The van der Waals surface area contributed by atoms with Gasteiger partial charge in [-0.3, -0.25) is 14.5 Å². The monoisotopic (exact) mass is 471 g/mol. The summed E-state index contributed by atoms with van der Waals surface area (Å²) in [5, 5.41) is 11.4. The van der Waals surface area contributed by atoms with Crippen molar-refractivity contribution in [1.82, 2.24) is 0 Å². The lowest BCUT2D eigenvalue weighted by Crippen LogP contribution is -2.30. The van der Waals surface area contributed by atoms with Crippen LogP contribution in [0.4, 0.5) is 5.69 Å². The first-order chi connectivity index (χ1) is 16.8. The number of rotatable bonds is 7. The predicted octanol–water partition coefficient (Wildman–Crippen LogP) is 5.81. The Hall–Kier alpha value is -4.06. The topological polar surface area (TPSA) is 76.1 Å². The molecule has 1 fully saturated rings. The molecule has 180 valence electrons. The van der Waals surface area contributed by atoms with E-state index in [1.54, 1.807) is 42.5 Å². The van der Waals surface area contributed by atoms with E-state index in [-0.39, 0.29) is 17.4 Å². The second-order valence-electron chi connectivity index (χ2n) is 8.65. The van der Waals surface area contributed by atoms with Gasteiger partial charge in [0.15, 0.2) is 0 Å². The Balaban J connectivity index is 1.90. The number of aliphatic hydroxyl groups is 1. The van der Waals surface area contributed by atoms with Gasteiger partial charge in [-0.1, -0.05) is 42.5 Å². The number of ether oxygens (including phenoxy) is 2. The van der Waals surface area contributed by atoms with Gasteiger partial charge < -0.3 is 14.6 Å². The molecule has 1 aliphatic rings. The molecule has 6 heteroatoms. The van der Waals surface area contributed by atoms with Gasteiger partial charge in [-0.25, -0.2) is 0 Å². The fourth-order valence-electron chi connectivity index (χ4n) is 4.29. The van der Waals surface area contributed by atoms with Crippen LogP contribution in [-0.4, -0.2) is 29.5 Å². The molecular formula is C29H29NO5. The third-order valence-corrected chi connectivity index (χ3v) is 5.81. The van der Waals surface area contributed by atoms with Crippen LogP contribution in [0.5, 0.6) is 11.5 Å². The molecule has 1 atom stereocenters. The van der Waals surface area contributed by atoms with Crippen molar-refractivity contribution in [3.8, 4) is 11.5 Å². The summed E-state index contributed by atoms with van der Waals surface area (Å²) in [6.07, 6.45) is -0.0529. The van der Waals surface area contributed by atoms with Gasteiger partial charge >= 0.3 is 0 Å². The molecule has 3 aromatic rings. The lowest BCUT2D eigenvalue weighted by molar-refractivity contribution is -0.132. The molecular weight excluding hydrogens is 442 g/mol. The Morgan fingerprint density at radius 2 is 1.69 bits per heavy atom. The lowest BCUT2D eigenvalue weighted by Gasteiger charge is -2.27. The number of ketones is 1. The highest BCUT2D eigenvalue weighted by molar-refractivity contribution is 6.51.